The van der Waals surface area contributed by atoms with Crippen molar-refractivity contribution in [2.75, 3.05) is 0 Å². The van der Waals surface area contributed by atoms with Crippen LogP contribution >= 0.6 is 0 Å². The number of aromatic nitrogens is 4. The predicted octanol–water partition coefficient (Wildman–Crippen LogP) is 11.4. The number of aryl methyl sites for hydroxylation is 1. The van der Waals surface area contributed by atoms with Gasteiger partial charge in [0.2, 0.25) is 0 Å². The third-order valence-corrected chi connectivity index (χ3v) is 9.75. The van der Waals surface area contributed by atoms with Crippen molar-refractivity contribution in [1.29, 1.82) is 0 Å². The first-order valence-corrected chi connectivity index (χ1v) is 17.4. The third-order valence-electron chi connectivity index (χ3n) is 9.75. The highest BCUT2D eigenvalue weighted by Crippen LogP contribution is 2.36. The van der Waals surface area contributed by atoms with Gasteiger partial charge in [-0.2, -0.15) is 5.10 Å². The van der Waals surface area contributed by atoms with Crippen molar-refractivity contribution in [2.24, 2.45) is 11.8 Å². The van der Waals surface area contributed by atoms with Crippen LogP contribution in [0.3, 0.4) is 0 Å². The van der Waals surface area contributed by atoms with Gasteiger partial charge < -0.3 is 4.74 Å². The number of hydrogen-bond acceptors (Lipinski definition) is 3. The monoisotopic (exact) mass is 650 g/mol. The second-order valence-electron chi connectivity index (χ2n) is 13.5. The van der Waals surface area contributed by atoms with Gasteiger partial charge in [0.25, 0.3) is 0 Å². The fourth-order valence-electron chi connectivity index (χ4n) is 6.87. The summed E-state index contributed by atoms with van der Waals surface area (Å²) in [5.74, 6) is 2.77. The fraction of sp³-hybridized carbons (Fsp3) is 0.256. The zero-order valence-electron chi connectivity index (χ0n) is 29.0. The van der Waals surface area contributed by atoms with Crippen molar-refractivity contribution >= 4 is 21.8 Å². The molecule has 0 amide bonds. The fourth-order valence-corrected chi connectivity index (χ4v) is 6.87. The standard InChI is InChI=1S/C43H43FN4O/c1-6-28(3)19-31-21-30(5)22-32(20-29(4)7-2)43(31)33-26-46-47(27-33)35-11-10-12-36(24-35)49-37-15-16-39-38-13-8-9-14-40(38)48(41(39)25-37)42-23-34(44)17-18-45-42/h8-18,21-29H,6-7,19-20H2,1-5H3. The molecule has 7 rings (SSSR count). The van der Waals surface area contributed by atoms with Gasteiger partial charge in [0.05, 0.1) is 22.9 Å². The average Bonchev–Trinajstić information content (AvgIpc) is 3.71. The van der Waals surface area contributed by atoms with Gasteiger partial charge in [0.1, 0.15) is 23.1 Å². The van der Waals surface area contributed by atoms with Crippen LogP contribution in [0.1, 0.15) is 57.2 Å². The number of ether oxygens (including phenoxy) is 1. The Morgan fingerprint density at radius 1 is 0.755 bits per heavy atom. The van der Waals surface area contributed by atoms with E-state index in [-0.39, 0.29) is 5.82 Å². The molecule has 4 aromatic carbocycles. The van der Waals surface area contributed by atoms with E-state index >= 15 is 0 Å². The Kier molecular flexibility index (Phi) is 9.05. The number of halogens is 1. The molecule has 0 aliphatic rings. The van der Waals surface area contributed by atoms with Crippen molar-refractivity contribution < 1.29 is 9.13 Å². The minimum absolute atomic E-state index is 0.331. The van der Waals surface area contributed by atoms with Crippen LogP contribution in [-0.2, 0) is 12.8 Å². The van der Waals surface area contributed by atoms with E-state index in [0.717, 1.165) is 58.7 Å². The van der Waals surface area contributed by atoms with Gasteiger partial charge in [-0.15, -0.1) is 0 Å². The second-order valence-corrected chi connectivity index (χ2v) is 13.5. The van der Waals surface area contributed by atoms with Crippen LogP contribution in [0.25, 0.3) is 44.4 Å². The minimum atomic E-state index is -0.331. The van der Waals surface area contributed by atoms with E-state index in [0.29, 0.717) is 29.2 Å². The summed E-state index contributed by atoms with van der Waals surface area (Å²) >= 11 is 0. The average molecular weight is 651 g/mol. The van der Waals surface area contributed by atoms with Gasteiger partial charge in [0, 0.05) is 46.9 Å². The van der Waals surface area contributed by atoms with Gasteiger partial charge in [-0.25, -0.2) is 14.1 Å². The van der Waals surface area contributed by atoms with E-state index < -0.39 is 0 Å². The molecule has 0 spiro atoms. The van der Waals surface area contributed by atoms with Crippen LogP contribution in [-0.4, -0.2) is 19.3 Å². The summed E-state index contributed by atoms with van der Waals surface area (Å²) < 4.78 is 24.7. The van der Waals surface area contributed by atoms with Crippen LogP contribution < -0.4 is 4.74 Å². The molecule has 0 bridgehead atoms. The molecule has 3 aromatic heterocycles. The summed E-state index contributed by atoms with van der Waals surface area (Å²) in [5.41, 5.74) is 9.39. The number of fused-ring (bicyclic) bond motifs is 3. The highest BCUT2D eigenvalue weighted by molar-refractivity contribution is 6.09. The maximum atomic E-state index is 14.3. The third kappa shape index (κ3) is 6.60. The molecule has 5 nitrogen and oxygen atoms in total. The molecule has 0 saturated carbocycles. The normalized spacial score (nSPS) is 12.9. The summed E-state index contributed by atoms with van der Waals surface area (Å²) in [7, 11) is 0. The number of para-hydroxylation sites is 1. The number of benzene rings is 4. The van der Waals surface area contributed by atoms with Gasteiger partial charge in [-0.3, -0.25) is 4.57 Å². The molecule has 0 fully saturated rings. The van der Waals surface area contributed by atoms with Crippen molar-refractivity contribution in [1.82, 2.24) is 19.3 Å². The van der Waals surface area contributed by atoms with Crippen LogP contribution in [0.4, 0.5) is 4.39 Å². The molecule has 49 heavy (non-hydrogen) atoms. The topological polar surface area (TPSA) is 44.9 Å². The first kappa shape index (κ1) is 32.3. The number of nitrogens with zero attached hydrogens (tertiary/aromatic N) is 4. The first-order valence-electron chi connectivity index (χ1n) is 17.4. The number of rotatable bonds is 11. The lowest BCUT2D eigenvalue weighted by Crippen LogP contribution is -2.06. The molecule has 0 aliphatic carbocycles. The Labute approximate surface area is 288 Å². The number of pyridine rings is 1. The van der Waals surface area contributed by atoms with Crippen molar-refractivity contribution in [3.8, 4) is 34.1 Å². The highest BCUT2D eigenvalue weighted by atomic mass is 19.1. The van der Waals surface area contributed by atoms with E-state index in [4.69, 9.17) is 9.84 Å². The van der Waals surface area contributed by atoms with Crippen LogP contribution in [0.5, 0.6) is 11.5 Å². The van der Waals surface area contributed by atoms with E-state index in [1.807, 2.05) is 64.0 Å². The minimum Gasteiger partial charge on any atom is -0.457 e. The van der Waals surface area contributed by atoms with E-state index in [1.54, 1.807) is 0 Å². The summed E-state index contributed by atoms with van der Waals surface area (Å²) in [5, 5.41) is 6.97. The van der Waals surface area contributed by atoms with Crippen LogP contribution in [0, 0.1) is 24.6 Å². The van der Waals surface area contributed by atoms with Gasteiger partial charge in [-0.1, -0.05) is 82.5 Å². The summed E-state index contributed by atoms with van der Waals surface area (Å²) in [4.78, 5) is 4.49. The molecule has 0 saturated heterocycles. The van der Waals surface area contributed by atoms with Gasteiger partial charge in [0.15, 0.2) is 0 Å². The first-order chi connectivity index (χ1) is 23.8. The molecule has 248 valence electrons. The maximum absolute atomic E-state index is 14.3. The quantitative estimate of drug-likeness (QED) is 0.140. The lowest BCUT2D eigenvalue weighted by atomic mass is 9.85. The molecular formula is C43H43FN4O. The molecule has 2 unspecified atom stereocenters. The van der Waals surface area contributed by atoms with Crippen molar-refractivity contribution in [3.63, 3.8) is 0 Å². The lowest BCUT2D eigenvalue weighted by Gasteiger charge is -2.20. The SMILES string of the molecule is CCC(C)Cc1cc(C)cc(CC(C)CC)c1-c1cnn(-c2cccc(Oc3ccc4c5ccccc5n(-c5cc(F)ccn5)c4c3)c2)c1. The Morgan fingerprint density at radius 2 is 1.47 bits per heavy atom. The number of hydrogen-bond donors (Lipinski definition) is 0. The Morgan fingerprint density at radius 3 is 2.20 bits per heavy atom. The Bertz CT molecular complexity index is 2230. The smallest absolute Gasteiger partial charge is 0.140 e. The molecule has 0 radical (unpaired) electrons. The lowest BCUT2D eigenvalue weighted by molar-refractivity contribution is 0.483. The molecule has 0 N–H and O–H groups in total. The van der Waals surface area contributed by atoms with Gasteiger partial charge in [-0.05, 0) is 84.7 Å². The summed E-state index contributed by atoms with van der Waals surface area (Å²) in [6, 6.07) is 29.7. The largest absolute Gasteiger partial charge is 0.457 e. The van der Waals surface area contributed by atoms with Crippen LogP contribution in [0.15, 0.2) is 110 Å². The van der Waals surface area contributed by atoms with E-state index in [2.05, 4.69) is 76.1 Å². The highest BCUT2D eigenvalue weighted by Gasteiger charge is 2.18. The molecule has 2 atom stereocenters. The summed E-state index contributed by atoms with van der Waals surface area (Å²) in [6.07, 6.45) is 10.1. The molecular weight excluding hydrogens is 607 g/mol. The Balaban J connectivity index is 1.23. The van der Waals surface area contributed by atoms with Crippen molar-refractivity contribution in [2.45, 2.75) is 60.3 Å². The molecule has 7 aromatic rings. The maximum Gasteiger partial charge on any atom is 0.140 e. The zero-order valence-corrected chi connectivity index (χ0v) is 29.0. The zero-order chi connectivity index (χ0) is 34.1. The van der Waals surface area contributed by atoms with E-state index in [9.17, 15) is 4.39 Å². The Hall–Kier alpha value is -5.23. The summed E-state index contributed by atoms with van der Waals surface area (Å²) in [6.45, 7) is 11.4. The van der Waals surface area contributed by atoms with E-state index in [1.165, 1.54) is 40.6 Å². The van der Waals surface area contributed by atoms with Crippen LogP contribution in [0.2, 0.25) is 0 Å². The predicted molar refractivity (Wildman–Crippen MR) is 199 cm³/mol. The molecule has 6 heteroatoms. The van der Waals surface area contributed by atoms with Crippen molar-refractivity contribution in [3.05, 3.63) is 132 Å². The second kappa shape index (κ2) is 13.7. The van der Waals surface area contributed by atoms with Gasteiger partial charge >= 0.3 is 0 Å². The molecule has 3 heterocycles. The molecule has 0 aliphatic heterocycles.